The molecular weight excluding hydrogens is 246 g/mol. The number of nitrogens with one attached hydrogen (secondary N) is 2. The fourth-order valence-corrected chi connectivity index (χ4v) is 2.22. The van der Waals surface area contributed by atoms with Gasteiger partial charge in [0.1, 0.15) is 5.65 Å². The second-order valence-electron chi connectivity index (χ2n) is 6.04. The minimum atomic E-state index is 0.538. The molecule has 0 atom stereocenters. The lowest BCUT2D eigenvalue weighted by Gasteiger charge is -2.14. The van der Waals surface area contributed by atoms with Crippen molar-refractivity contribution < 1.29 is 0 Å². The van der Waals surface area contributed by atoms with Gasteiger partial charge in [-0.05, 0) is 30.5 Å². The minimum absolute atomic E-state index is 0.538. The first-order valence-corrected chi connectivity index (χ1v) is 7.41. The summed E-state index contributed by atoms with van der Waals surface area (Å²) in [6.45, 7) is 11.0. The Kier molecular flexibility index (Phi) is 4.96. The maximum absolute atomic E-state index is 4.34. The smallest absolute Gasteiger partial charge is 0.137 e. The van der Waals surface area contributed by atoms with E-state index < -0.39 is 0 Å². The summed E-state index contributed by atoms with van der Waals surface area (Å²) in [4.78, 5) is 7.57. The molecule has 0 unspecified atom stereocenters. The van der Waals surface area contributed by atoms with Crippen LogP contribution in [0.3, 0.4) is 0 Å². The Hall–Kier alpha value is -1.61. The van der Waals surface area contributed by atoms with Gasteiger partial charge in [0, 0.05) is 29.9 Å². The molecule has 0 fully saturated rings. The van der Waals surface area contributed by atoms with Crippen LogP contribution in [0.2, 0.25) is 0 Å². The van der Waals surface area contributed by atoms with Gasteiger partial charge in [0.25, 0.3) is 0 Å². The van der Waals surface area contributed by atoms with E-state index >= 15 is 0 Å². The van der Waals surface area contributed by atoms with E-state index in [9.17, 15) is 0 Å². The second-order valence-corrected chi connectivity index (χ2v) is 6.04. The largest absolute Gasteiger partial charge is 0.346 e. The van der Waals surface area contributed by atoms with Crippen LogP contribution in [-0.2, 0) is 0 Å². The SMILES string of the molecule is CC(C)CNCC(=Cc1c[nH]c2ncccc12)C(C)C. The van der Waals surface area contributed by atoms with Crippen molar-refractivity contribution in [3.63, 3.8) is 0 Å². The van der Waals surface area contributed by atoms with E-state index in [1.807, 2.05) is 18.5 Å². The van der Waals surface area contributed by atoms with Crippen LogP contribution in [0.5, 0.6) is 0 Å². The number of rotatable bonds is 6. The summed E-state index contributed by atoms with van der Waals surface area (Å²) in [5.41, 5.74) is 3.61. The van der Waals surface area contributed by atoms with Crippen molar-refractivity contribution in [2.75, 3.05) is 13.1 Å². The van der Waals surface area contributed by atoms with Gasteiger partial charge in [-0.3, -0.25) is 0 Å². The zero-order valence-corrected chi connectivity index (χ0v) is 12.9. The summed E-state index contributed by atoms with van der Waals surface area (Å²) in [6, 6.07) is 4.10. The Bertz CT molecular complexity index is 579. The average molecular weight is 271 g/mol. The first-order chi connectivity index (χ1) is 9.58. The zero-order chi connectivity index (χ0) is 14.5. The van der Waals surface area contributed by atoms with E-state index in [-0.39, 0.29) is 0 Å². The molecule has 2 heterocycles. The standard InChI is InChI=1S/C17H25N3/c1-12(2)9-18-10-14(13(3)4)8-15-11-20-17-16(15)6-5-7-19-17/h5-8,11-13,18H,9-10H2,1-4H3,(H,19,20). The van der Waals surface area contributed by atoms with Crippen LogP contribution in [-0.4, -0.2) is 23.1 Å². The lowest BCUT2D eigenvalue weighted by atomic mass is 10.00. The molecule has 0 bridgehead atoms. The lowest BCUT2D eigenvalue weighted by Crippen LogP contribution is -2.23. The van der Waals surface area contributed by atoms with E-state index in [4.69, 9.17) is 0 Å². The fourth-order valence-electron chi connectivity index (χ4n) is 2.22. The van der Waals surface area contributed by atoms with E-state index in [1.54, 1.807) is 0 Å². The molecule has 2 rings (SSSR count). The van der Waals surface area contributed by atoms with Crippen molar-refractivity contribution in [1.29, 1.82) is 0 Å². The molecule has 108 valence electrons. The Morgan fingerprint density at radius 3 is 2.85 bits per heavy atom. The molecule has 20 heavy (non-hydrogen) atoms. The topological polar surface area (TPSA) is 40.7 Å². The van der Waals surface area contributed by atoms with Crippen LogP contribution >= 0.6 is 0 Å². The molecule has 0 radical (unpaired) electrons. The Labute approximate surface area is 121 Å². The first kappa shape index (κ1) is 14.8. The molecule has 3 heteroatoms. The fraction of sp³-hybridized carbons (Fsp3) is 0.471. The first-order valence-electron chi connectivity index (χ1n) is 7.41. The van der Waals surface area contributed by atoms with Crippen molar-refractivity contribution in [2.24, 2.45) is 11.8 Å². The van der Waals surface area contributed by atoms with Gasteiger partial charge >= 0.3 is 0 Å². The summed E-state index contributed by atoms with van der Waals surface area (Å²) in [5.74, 6) is 1.22. The average Bonchev–Trinajstić information content (AvgIpc) is 2.80. The molecule has 2 aromatic rings. The van der Waals surface area contributed by atoms with Crippen molar-refractivity contribution in [3.05, 3.63) is 35.7 Å². The van der Waals surface area contributed by atoms with Gasteiger partial charge in [-0.25, -0.2) is 4.98 Å². The number of fused-ring (bicyclic) bond motifs is 1. The molecule has 2 aromatic heterocycles. The van der Waals surface area contributed by atoms with E-state index in [2.05, 4.69) is 55.1 Å². The number of pyridine rings is 1. The van der Waals surface area contributed by atoms with Gasteiger partial charge in [0.15, 0.2) is 0 Å². The molecule has 3 nitrogen and oxygen atoms in total. The highest BCUT2D eigenvalue weighted by Gasteiger charge is 2.07. The predicted molar refractivity (Wildman–Crippen MR) is 86.6 cm³/mol. The van der Waals surface area contributed by atoms with Gasteiger partial charge in [0.2, 0.25) is 0 Å². The number of H-pyrrole nitrogens is 1. The number of hydrogen-bond donors (Lipinski definition) is 2. The van der Waals surface area contributed by atoms with Crippen LogP contribution < -0.4 is 5.32 Å². The molecule has 0 spiro atoms. The van der Waals surface area contributed by atoms with Gasteiger partial charge in [-0.1, -0.05) is 39.3 Å². The van der Waals surface area contributed by atoms with Crippen molar-refractivity contribution >= 4 is 17.1 Å². The van der Waals surface area contributed by atoms with Crippen molar-refractivity contribution in [2.45, 2.75) is 27.7 Å². The second kappa shape index (κ2) is 6.71. The third-order valence-electron chi connectivity index (χ3n) is 3.45. The van der Waals surface area contributed by atoms with Crippen LogP contribution in [0.1, 0.15) is 33.3 Å². The van der Waals surface area contributed by atoms with E-state index in [1.165, 1.54) is 16.5 Å². The molecule has 2 N–H and O–H groups in total. The van der Waals surface area contributed by atoms with E-state index in [0.717, 1.165) is 18.7 Å². The lowest BCUT2D eigenvalue weighted by molar-refractivity contribution is 0.558. The van der Waals surface area contributed by atoms with E-state index in [0.29, 0.717) is 11.8 Å². The van der Waals surface area contributed by atoms with Crippen LogP contribution in [0.4, 0.5) is 0 Å². The van der Waals surface area contributed by atoms with Gasteiger partial charge in [-0.15, -0.1) is 0 Å². The third kappa shape index (κ3) is 3.70. The third-order valence-corrected chi connectivity index (χ3v) is 3.45. The molecule has 0 saturated heterocycles. The van der Waals surface area contributed by atoms with Crippen molar-refractivity contribution in [1.82, 2.24) is 15.3 Å². The molecule has 0 aromatic carbocycles. The number of aromatic amines is 1. The molecule has 0 amide bonds. The number of aromatic nitrogens is 2. The number of nitrogens with zero attached hydrogens (tertiary/aromatic N) is 1. The van der Waals surface area contributed by atoms with Crippen LogP contribution in [0.25, 0.3) is 17.1 Å². The van der Waals surface area contributed by atoms with Gasteiger partial charge in [-0.2, -0.15) is 0 Å². The van der Waals surface area contributed by atoms with Crippen LogP contribution in [0, 0.1) is 11.8 Å². The quantitative estimate of drug-likeness (QED) is 0.838. The van der Waals surface area contributed by atoms with Crippen LogP contribution in [0.15, 0.2) is 30.1 Å². The van der Waals surface area contributed by atoms with Gasteiger partial charge in [0.05, 0.1) is 0 Å². The zero-order valence-electron chi connectivity index (χ0n) is 12.9. The molecule has 0 saturated carbocycles. The Morgan fingerprint density at radius 2 is 2.15 bits per heavy atom. The van der Waals surface area contributed by atoms with Gasteiger partial charge < -0.3 is 10.3 Å². The maximum Gasteiger partial charge on any atom is 0.137 e. The monoisotopic (exact) mass is 271 g/mol. The summed E-state index contributed by atoms with van der Waals surface area (Å²) < 4.78 is 0. The molecule has 0 aliphatic heterocycles. The Balaban J connectivity index is 2.19. The normalized spacial score (nSPS) is 12.8. The summed E-state index contributed by atoms with van der Waals surface area (Å²) in [7, 11) is 0. The molecular formula is C17H25N3. The highest BCUT2D eigenvalue weighted by molar-refractivity contribution is 5.86. The highest BCUT2D eigenvalue weighted by atomic mass is 14.9. The molecule has 0 aliphatic carbocycles. The maximum atomic E-state index is 4.34. The summed E-state index contributed by atoms with van der Waals surface area (Å²) in [5, 5.41) is 4.72. The molecule has 0 aliphatic rings. The number of hydrogen-bond acceptors (Lipinski definition) is 2. The summed E-state index contributed by atoms with van der Waals surface area (Å²) >= 11 is 0. The minimum Gasteiger partial charge on any atom is -0.346 e. The highest BCUT2D eigenvalue weighted by Crippen LogP contribution is 2.21. The van der Waals surface area contributed by atoms with Crippen molar-refractivity contribution in [3.8, 4) is 0 Å². The Morgan fingerprint density at radius 1 is 1.35 bits per heavy atom. The predicted octanol–water partition coefficient (Wildman–Crippen LogP) is 3.85. The summed E-state index contributed by atoms with van der Waals surface area (Å²) in [6.07, 6.45) is 6.15.